The maximum Gasteiger partial charge on any atom is 0.223 e. The van der Waals surface area contributed by atoms with Crippen LogP contribution in [0.15, 0.2) is 35.3 Å². The van der Waals surface area contributed by atoms with Gasteiger partial charge in [-0.05, 0) is 0 Å². The fraction of sp³-hybridized carbons (Fsp3) is 0.588. The van der Waals surface area contributed by atoms with E-state index in [4.69, 9.17) is 4.74 Å². The van der Waals surface area contributed by atoms with Crippen LogP contribution in [0.3, 0.4) is 0 Å². The Kier molecular flexibility index (Phi) is 4.26. The number of ether oxygens (including phenoxy) is 1. The summed E-state index contributed by atoms with van der Waals surface area (Å²) in [5.74, 6) is 0. The first-order chi connectivity index (χ1) is 9.94. The van der Waals surface area contributed by atoms with Gasteiger partial charge in [0.15, 0.2) is 16.7 Å². The van der Waals surface area contributed by atoms with E-state index in [0.717, 1.165) is 0 Å². The molecule has 0 radical (unpaired) electrons. The summed E-state index contributed by atoms with van der Waals surface area (Å²) in [5.41, 5.74) is -1.09. The second-order valence-electron chi connectivity index (χ2n) is 7.90. The molecule has 2 unspecified atom stereocenters. The van der Waals surface area contributed by atoms with Crippen LogP contribution in [-0.2, 0) is 14.6 Å². The number of hydrogen-bond donors (Lipinski definition) is 0. The maximum atomic E-state index is 13.0. The third-order valence-corrected chi connectivity index (χ3v) is 5.77. The minimum Gasteiger partial charge on any atom is -0.336 e. The van der Waals surface area contributed by atoms with Crippen molar-refractivity contribution >= 4 is 14.9 Å². The van der Waals surface area contributed by atoms with Gasteiger partial charge in [-0.15, -0.1) is 0 Å². The Hall–Kier alpha value is -1.20. The summed E-state index contributed by atoms with van der Waals surface area (Å²) in [6.07, 6.45) is -0.490. The molecule has 0 fully saturated rings. The molecule has 0 aliphatic carbocycles. The summed E-state index contributed by atoms with van der Waals surface area (Å²) in [7, 11) is -3.64. The third kappa shape index (κ3) is 3.25. The molecule has 1 aromatic rings. The number of rotatable bonds is 1. The number of sulfone groups is 1. The van der Waals surface area contributed by atoms with Gasteiger partial charge in [-0.3, -0.25) is 0 Å². The van der Waals surface area contributed by atoms with E-state index in [0.29, 0.717) is 5.56 Å². The van der Waals surface area contributed by atoms with Gasteiger partial charge in [-0.25, -0.2) is 13.4 Å². The van der Waals surface area contributed by atoms with Gasteiger partial charge < -0.3 is 4.74 Å². The predicted molar refractivity (Wildman–Crippen MR) is 89.5 cm³/mol. The fourth-order valence-corrected chi connectivity index (χ4v) is 4.48. The molecular formula is C17H25NO3S. The smallest absolute Gasteiger partial charge is 0.223 e. The van der Waals surface area contributed by atoms with Crippen molar-refractivity contribution in [2.75, 3.05) is 0 Å². The molecule has 0 N–H and O–H groups in total. The van der Waals surface area contributed by atoms with E-state index in [2.05, 4.69) is 4.99 Å². The van der Waals surface area contributed by atoms with Crippen LogP contribution in [0.4, 0.5) is 0 Å². The van der Waals surface area contributed by atoms with Gasteiger partial charge in [-0.1, -0.05) is 71.9 Å². The van der Waals surface area contributed by atoms with Crippen molar-refractivity contribution in [3.8, 4) is 0 Å². The Labute approximate surface area is 133 Å². The molecule has 4 nitrogen and oxygen atoms in total. The van der Waals surface area contributed by atoms with Crippen LogP contribution in [0, 0.1) is 10.8 Å². The van der Waals surface area contributed by atoms with Crippen molar-refractivity contribution in [1.29, 1.82) is 0 Å². The summed E-state index contributed by atoms with van der Waals surface area (Å²) in [4.78, 5) is 4.45. The molecule has 0 spiro atoms. The molecule has 5 heteroatoms. The first-order valence-corrected chi connectivity index (χ1v) is 9.01. The molecule has 1 aromatic carbocycles. The molecule has 2 atom stereocenters. The average Bonchev–Trinajstić information content (AvgIpc) is 2.36. The largest absolute Gasteiger partial charge is 0.336 e. The molecule has 1 aliphatic rings. The Morgan fingerprint density at radius 1 is 0.955 bits per heavy atom. The first-order valence-electron chi connectivity index (χ1n) is 7.46. The SMILES string of the molecule is CC(C)(C)C1N=C(c2ccccc2)S(=O)(=O)C(C(C)(C)C)O1. The number of nitrogens with zero attached hydrogens (tertiary/aromatic N) is 1. The van der Waals surface area contributed by atoms with Crippen molar-refractivity contribution in [1.82, 2.24) is 0 Å². The fourth-order valence-electron chi connectivity index (χ4n) is 2.39. The van der Waals surface area contributed by atoms with E-state index in [9.17, 15) is 8.42 Å². The van der Waals surface area contributed by atoms with Crippen molar-refractivity contribution < 1.29 is 13.2 Å². The van der Waals surface area contributed by atoms with Gasteiger partial charge in [0, 0.05) is 16.4 Å². The van der Waals surface area contributed by atoms with Gasteiger partial charge in [0.2, 0.25) is 9.84 Å². The lowest BCUT2D eigenvalue weighted by Crippen LogP contribution is -2.49. The molecule has 2 rings (SSSR count). The molecular weight excluding hydrogens is 298 g/mol. The Bertz CT molecular complexity index is 664. The summed E-state index contributed by atoms with van der Waals surface area (Å²) in [6.45, 7) is 11.6. The van der Waals surface area contributed by atoms with Crippen LogP contribution in [0.1, 0.15) is 47.1 Å². The van der Waals surface area contributed by atoms with Gasteiger partial charge >= 0.3 is 0 Å². The highest BCUT2D eigenvalue weighted by molar-refractivity contribution is 8.07. The van der Waals surface area contributed by atoms with Crippen molar-refractivity contribution in [2.45, 2.75) is 53.2 Å². The Morgan fingerprint density at radius 3 is 1.95 bits per heavy atom. The average molecular weight is 323 g/mol. The normalized spacial score (nSPS) is 25.6. The highest BCUT2D eigenvalue weighted by atomic mass is 32.2. The van der Waals surface area contributed by atoms with Crippen LogP contribution in [0.5, 0.6) is 0 Å². The van der Waals surface area contributed by atoms with Crippen LogP contribution in [0.2, 0.25) is 0 Å². The summed E-state index contributed by atoms with van der Waals surface area (Å²) in [5, 5.41) is 0.138. The molecule has 22 heavy (non-hydrogen) atoms. The van der Waals surface area contributed by atoms with Crippen LogP contribution in [-0.4, -0.2) is 25.1 Å². The lowest BCUT2D eigenvalue weighted by molar-refractivity contribution is -0.0661. The third-order valence-electron chi connectivity index (χ3n) is 3.51. The van der Waals surface area contributed by atoms with Gasteiger partial charge in [0.05, 0.1) is 0 Å². The number of benzene rings is 1. The number of hydrogen-bond acceptors (Lipinski definition) is 4. The molecule has 1 heterocycles. The standard InChI is InChI=1S/C17H25NO3S/c1-16(2,3)14-18-13(12-10-8-7-9-11-12)22(19,20)15(21-14)17(4,5)6/h7-11,14-15H,1-6H3. The quantitative estimate of drug-likeness (QED) is 0.793. The Morgan fingerprint density at radius 2 is 1.50 bits per heavy atom. The number of aliphatic imine (C=N–C) groups is 1. The zero-order chi connectivity index (χ0) is 16.8. The van der Waals surface area contributed by atoms with E-state index in [1.165, 1.54) is 0 Å². The molecule has 0 amide bonds. The van der Waals surface area contributed by atoms with Gasteiger partial charge in [0.1, 0.15) is 0 Å². The molecule has 122 valence electrons. The summed E-state index contributed by atoms with van der Waals surface area (Å²) >= 11 is 0. The highest BCUT2D eigenvalue weighted by Gasteiger charge is 2.47. The van der Waals surface area contributed by atoms with Crippen molar-refractivity contribution in [3.05, 3.63) is 35.9 Å². The zero-order valence-corrected chi connectivity index (χ0v) is 14.9. The van der Waals surface area contributed by atoms with E-state index < -0.39 is 26.9 Å². The lowest BCUT2D eigenvalue weighted by atomic mass is 9.93. The van der Waals surface area contributed by atoms with E-state index in [-0.39, 0.29) is 10.5 Å². The van der Waals surface area contributed by atoms with Gasteiger partial charge in [-0.2, -0.15) is 0 Å². The van der Waals surface area contributed by atoms with E-state index >= 15 is 0 Å². The second-order valence-corrected chi connectivity index (χ2v) is 9.80. The van der Waals surface area contributed by atoms with Crippen molar-refractivity contribution in [3.63, 3.8) is 0 Å². The molecule has 1 aliphatic heterocycles. The molecule has 0 bridgehead atoms. The van der Waals surface area contributed by atoms with E-state index in [1.54, 1.807) is 12.1 Å². The van der Waals surface area contributed by atoms with Gasteiger partial charge in [0.25, 0.3) is 0 Å². The zero-order valence-electron chi connectivity index (χ0n) is 14.1. The molecule has 0 saturated carbocycles. The van der Waals surface area contributed by atoms with Crippen LogP contribution in [0.25, 0.3) is 0 Å². The minimum absolute atomic E-state index is 0.138. The maximum absolute atomic E-state index is 13.0. The minimum atomic E-state index is -3.64. The summed E-state index contributed by atoms with van der Waals surface area (Å²) < 4.78 is 31.9. The second kappa shape index (κ2) is 5.46. The molecule has 0 saturated heterocycles. The van der Waals surface area contributed by atoms with Crippen LogP contribution < -0.4 is 0 Å². The first kappa shape index (κ1) is 17.2. The van der Waals surface area contributed by atoms with Crippen LogP contribution >= 0.6 is 0 Å². The monoisotopic (exact) mass is 323 g/mol. The molecule has 0 aromatic heterocycles. The van der Waals surface area contributed by atoms with E-state index in [1.807, 2.05) is 59.7 Å². The summed E-state index contributed by atoms with van der Waals surface area (Å²) in [6, 6.07) is 9.06. The Balaban J connectivity index is 2.64. The highest BCUT2D eigenvalue weighted by Crippen LogP contribution is 2.38. The topological polar surface area (TPSA) is 55.7 Å². The lowest BCUT2D eigenvalue weighted by Gasteiger charge is -2.40. The van der Waals surface area contributed by atoms with Crippen molar-refractivity contribution in [2.24, 2.45) is 15.8 Å². The predicted octanol–water partition coefficient (Wildman–Crippen LogP) is 3.62.